The second-order valence-corrected chi connectivity index (χ2v) is 8.31. The van der Waals surface area contributed by atoms with Gasteiger partial charge in [-0.25, -0.2) is 0 Å². The predicted octanol–water partition coefficient (Wildman–Crippen LogP) is 4.26. The zero-order chi connectivity index (χ0) is 18.1. The van der Waals surface area contributed by atoms with Gasteiger partial charge in [-0.2, -0.15) is 8.42 Å². The molecule has 0 fully saturated rings. The molecule has 5 nitrogen and oxygen atoms in total. The summed E-state index contributed by atoms with van der Waals surface area (Å²) in [6.07, 6.45) is 16.9. The first-order valence-electron chi connectivity index (χ1n) is 9.82. The molecular weight excluding hydrogens is 326 g/mol. The number of rotatable bonds is 18. The molecule has 0 spiro atoms. The lowest BCUT2D eigenvalue weighted by atomic mass is 10.0. The van der Waals surface area contributed by atoms with Gasteiger partial charge in [-0.3, -0.25) is 9.87 Å². The quantitative estimate of drug-likeness (QED) is 0.192. The summed E-state index contributed by atoms with van der Waals surface area (Å²) in [5.74, 6) is -0.647. The molecule has 0 bridgehead atoms. The molecule has 0 radical (unpaired) electrons. The maximum Gasteiger partial charge on any atom is 0.268 e. The molecular formula is C18H39NO4S. The number of unbranched alkanes of at least 4 members (excludes halogenated alkanes) is 13. The molecule has 0 aliphatic rings. The van der Waals surface area contributed by atoms with Crippen molar-refractivity contribution in [1.82, 2.24) is 5.32 Å². The molecule has 0 aliphatic carbocycles. The molecule has 0 heterocycles. The SMILES string of the molecule is CCCCCCCCCCCCCCCCNC(O)CS(=O)(=O)O. The highest BCUT2D eigenvalue weighted by Gasteiger charge is 2.12. The van der Waals surface area contributed by atoms with Crippen LogP contribution in [-0.2, 0) is 10.1 Å². The molecule has 0 saturated carbocycles. The minimum Gasteiger partial charge on any atom is -0.377 e. The van der Waals surface area contributed by atoms with E-state index in [9.17, 15) is 13.5 Å². The summed E-state index contributed by atoms with van der Waals surface area (Å²) in [5.41, 5.74) is 0. The summed E-state index contributed by atoms with van der Waals surface area (Å²) in [6, 6.07) is 0. The minimum atomic E-state index is -4.11. The molecule has 0 aliphatic heterocycles. The van der Waals surface area contributed by atoms with Crippen LogP contribution in [0.4, 0.5) is 0 Å². The molecule has 146 valence electrons. The fourth-order valence-corrected chi connectivity index (χ4v) is 3.36. The molecule has 1 unspecified atom stereocenters. The van der Waals surface area contributed by atoms with Crippen LogP contribution in [0.5, 0.6) is 0 Å². The standard InChI is InChI=1S/C18H39NO4S/c1-2-3-4-5-6-7-8-9-10-11-12-13-14-15-16-19-18(20)17-24(21,22)23/h18-20H,2-17H2,1H3,(H,21,22,23). The van der Waals surface area contributed by atoms with Crippen LogP contribution in [0.2, 0.25) is 0 Å². The second kappa shape index (κ2) is 16.3. The van der Waals surface area contributed by atoms with Crippen molar-refractivity contribution in [3.8, 4) is 0 Å². The smallest absolute Gasteiger partial charge is 0.268 e. The zero-order valence-electron chi connectivity index (χ0n) is 15.5. The van der Waals surface area contributed by atoms with E-state index in [4.69, 9.17) is 4.55 Å². The van der Waals surface area contributed by atoms with Crippen molar-refractivity contribution in [1.29, 1.82) is 0 Å². The van der Waals surface area contributed by atoms with Gasteiger partial charge in [0.15, 0.2) is 0 Å². The van der Waals surface area contributed by atoms with Crippen LogP contribution in [0, 0.1) is 0 Å². The third-order valence-electron chi connectivity index (χ3n) is 4.28. The first kappa shape index (κ1) is 23.8. The lowest BCUT2D eigenvalue weighted by molar-refractivity contribution is 0.156. The van der Waals surface area contributed by atoms with E-state index in [1.807, 2.05) is 0 Å². The second-order valence-electron chi connectivity index (χ2n) is 6.81. The molecule has 24 heavy (non-hydrogen) atoms. The van der Waals surface area contributed by atoms with Crippen molar-refractivity contribution in [2.75, 3.05) is 12.3 Å². The van der Waals surface area contributed by atoms with Crippen LogP contribution in [0.15, 0.2) is 0 Å². The summed E-state index contributed by atoms with van der Waals surface area (Å²) in [5, 5.41) is 12.0. The zero-order valence-corrected chi connectivity index (χ0v) is 16.3. The average molecular weight is 366 g/mol. The molecule has 0 rings (SSSR count). The van der Waals surface area contributed by atoms with Gasteiger partial charge < -0.3 is 5.11 Å². The van der Waals surface area contributed by atoms with E-state index in [0.29, 0.717) is 6.54 Å². The van der Waals surface area contributed by atoms with Gasteiger partial charge in [-0.15, -0.1) is 0 Å². The van der Waals surface area contributed by atoms with Crippen molar-refractivity contribution in [2.45, 2.75) is 103 Å². The molecule has 0 aromatic rings. The molecule has 0 aromatic carbocycles. The Labute approximate surface area is 149 Å². The van der Waals surface area contributed by atoms with E-state index < -0.39 is 22.1 Å². The highest BCUT2D eigenvalue weighted by Crippen LogP contribution is 2.12. The van der Waals surface area contributed by atoms with E-state index in [0.717, 1.165) is 12.8 Å². The van der Waals surface area contributed by atoms with Crippen LogP contribution >= 0.6 is 0 Å². The van der Waals surface area contributed by atoms with Gasteiger partial charge in [0.2, 0.25) is 0 Å². The molecule has 6 heteroatoms. The van der Waals surface area contributed by atoms with Crippen molar-refractivity contribution < 1.29 is 18.1 Å². The van der Waals surface area contributed by atoms with E-state index in [1.165, 1.54) is 77.0 Å². The van der Waals surface area contributed by atoms with Gasteiger partial charge in [0.1, 0.15) is 12.0 Å². The van der Waals surface area contributed by atoms with Crippen molar-refractivity contribution in [3.63, 3.8) is 0 Å². The molecule has 1 atom stereocenters. The Kier molecular flexibility index (Phi) is 16.2. The Hall–Kier alpha value is -0.170. The van der Waals surface area contributed by atoms with Gasteiger partial charge in [0, 0.05) is 0 Å². The van der Waals surface area contributed by atoms with Crippen molar-refractivity contribution >= 4 is 10.1 Å². The number of nitrogens with one attached hydrogen (secondary N) is 1. The Morgan fingerprint density at radius 3 is 1.50 bits per heavy atom. The summed E-state index contributed by atoms with van der Waals surface area (Å²) >= 11 is 0. The highest BCUT2D eigenvalue weighted by molar-refractivity contribution is 7.85. The van der Waals surface area contributed by atoms with Gasteiger partial charge >= 0.3 is 0 Å². The number of hydrogen-bond acceptors (Lipinski definition) is 4. The minimum absolute atomic E-state index is 0.578. The summed E-state index contributed by atoms with van der Waals surface area (Å²) in [7, 11) is -4.11. The number of aliphatic hydroxyl groups is 1. The number of aliphatic hydroxyl groups excluding tert-OH is 1. The predicted molar refractivity (Wildman–Crippen MR) is 101 cm³/mol. The maximum atomic E-state index is 10.6. The van der Waals surface area contributed by atoms with Gasteiger partial charge in [-0.05, 0) is 13.0 Å². The third kappa shape index (κ3) is 19.9. The van der Waals surface area contributed by atoms with Crippen molar-refractivity contribution in [3.05, 3.63) is 0 Å². The summed E-state index contributed by atoms with van der Waals surface area (Å²) < 4.78 is 29.7. The van der Waals surface area contributed by atoms with E-state index >= 15 is 0 Å². The van der Waals surface area contributed by atoms with E-state index in [1.54, 1.807) is 0 Å². The first-order valence-corrected chi connectivity index (χ1v) is 11.4. The highest BCUT2D eigenvalue weighted by atomic mass is 32.2. The van der Waals surface area contributed by atoms with Gasteiger partial charge in [0.25, 0.3) is 10.1 Å². The third-order valence-corrected chi connectivity index (χ3v) is 5.02. The Bertz CT molecular complexity index is 360. The Balaban J connectivity index is 3.15. The first-order chi connectivity index (χ1) is 11.5. The lowest BCUT2D eigenvalue weighted by Gasteiger charge is -2.10. The van der Waals surface area contributed by atoms with E-state index in [2.05, 4.69) is 12.2 Å². The fourth-order valence-electron chi connectivity index (χ4n) is 2.85. The Morgan fingerprint density at radius 1 is 0.750 bits per heavy atom. The monoisotopic (exact) mass is 365 g/mol. The Morgan fingerprint density at radius 2 is 1.12 bits per heavy atom. The van der Waals surface area contributed by atoms with Gasteiger partial charge in [0.05, 0.1) is 0 Å². The van der Waals surface area contributed by atoms with Crippen LogP contribution < -0.4 is 5.32 Å². The molecule has 0 saturated heterocycles. The van der Waals surface area contributed by atoms with Crippen LogP contribution in [0.3, 0.4) is 0 Å². The lowest BCUT2D eigenvalue weighted by Crippen LogP contribution is -2.35. The normalized spacial score (nSPS) is 13.3. The maximum absolute atomic E-state index is 10.6. The molecule has 0 aromatic heterocycles. The molecule has 3 N–H and O–H groups in total. The largest absolute Gasteiger partial charge is 0.377 e. The summed E-state index contributed by atoms with van der Waals surface area (Å²) in [6.45, 7) is 2.83. The average Bonchev–Trinajstić information content (AvgIpc) is 2.49. The van der Waals surface area contributed by atoms with Crippen LogP contribution in [0.1, 0.15) is 96.8 Å². The topological polar surface area (TPSA) is 86.6 Å². The fraction of sp³-hybridized carbons (Fsp3) is 1.00. The molecule has 0 amide bonds. The van der Waals surface area contributed by atoms with Crippen LogP contribution in [0.25, 0.3) is 0 Å². The van der Waals surface area contributed by atoms with Crippen LogP contribution in [-0.4, -0.2) is 36.6 Å². The number of hydrogen-bond donors (Lipinski definition) is 3. The van der Waals surface area contributed by atoms with Crippen molar-refractivity contribution in [2.24, 2.45) is 0 Å². The van der Waals surface area contributed by atoms with E-state index in [-0.39, 0.29) is 0 Å². The summed E-state index contributed by atoms with van der Waals surface area (Å²) in [4.78, 5) is 0. The van der Waals surface area contributed by atoms with Gasteiger partial charge in [-0.1, -0.05) is 90.4 Å².